The summed E-state index contributed by atoms with van der Waals surface area (Å²) >= 11 is 0. The van der Waals surface area contributed by atoms with Crippen molar-refractivity contribution in [2.45, 2.75) is 240 Å². The standard InChI is InChI=1S/C43H90N2.2C2H4O.C2H2.CH4O/c1-6-9-12-14-20-27-35-43(36-28-21-15-13-10-7-2)37-29-22-18-24-31-40-45(41-32-38-44-5)39-30-23-17-16-19-26-34-42(4)33-25-11-8-3;2*1-2-3;2*1-2/h42-44H,6-41H2,1-5H3;2H,1H3;2-3H,1H2;1-2H;2H,1H3. The van der Waals surface area contributed by atoms with Gasteiger partial charge in [-0.2, -0.15) is 0 Å². The van der Waals surface area contributed by atoms with E-state index in [4.69, 9.17) is 15.0 Å². The van der Waals surface area contributed by atoms with Crippen molar-refractivity contribution in [3.63, 3.8) is 0 Å². The van der Waals surface area contributed by atoms with Crippen LogP contribution in [-0.2, 0) is 4.79 Å². The Kier molecular flexibility index (Phi) is 73.7. The molecular weight excluding hydrogens is 677 g/mol. The molecule has 5 heteroatoms. The van der Waals surface area contributed by atoms with Gasteiger partial charge in [0.2, 0.25) is 0 Å². The maximum Gasteiger partial charge on any atom is 0.116 e. The van der Waals surface area contributed by atoms with E-state index in [9.17, 15) is 0 Å². The van der Waals surface area contributed by atoms with Crippen molar-refractivity contribution in [3.05, 3.63) is 12.8 Å². The van der Waals surface area contributed by atoms with Crippen LogP contribution >= 0.6 is 0 Å². The molecule has 0 aromatic rings. The minimum absolute atomic E-state index is 0.750. The number of carbonyl (C=O) groups excluding carboxylic acids is 1. The molecule has 0 radical (unpaired) electrons. The molecule has 0 aliphatic carbocycles. The van der Waals surface area contributed by atoms with Crippen molar-refractivity contribution in [1.29, 1.82) is 0 Å². The van der Waals surface area contributed by atoms with E-state index in [1.807, 2.05) is 0 Å². The molecule has 0 rings (SSSR count). The van der Waals surface area contributed by atoms with Crippen molar-refractivity contribution < 1.29 is 15.0 Å². The van der Waals surface area contributed by atoms with Crippen LogP contribution in [0.4, 0.5) is 0 Å². The van der Waals surface area contributed by atoms with Crippen molar-refractivity contribution in [1.82, 2.24) is 10.2 Å². The van der Waals surface area contributed by atoms with E-state index in [2.05, 4.69) is 64.4 Å². The molecule has 1 unspecified atom stereocenters. The van der Waals surface area contributed by atoms with Gasteiger partial charge in [-0.3, -0.25) is 0 Å². The number of hydrogen-bond acceptors (Lipinski definition) is 5. The van der Waals surface area contributed by atoms with Crippen LogP contribution in [0.5, 0.6) is 0 Å². The van der Waals surface area contributed by atoms with E-state index < -0.39 is 0 Å². The van der Waals surface area contributed by atoms with E-state index in [0.717, 1.165) is 38.0 Å². The first-order chi connectivity index (χ1) is 27.0. The summed E-state index contributed by atoms with van der Waals surface area (Å²) in [5, 5.41) is 17.7. The van der Waals surface area contributed by atoms with Crippen molar-refractivity contribution in [3.8, 4) is 12.8 Å². The molecular formula is C50H104N2O3. The van der Waals surface area contributed by atoms with E-state index in [1.54, 1.807) is 0 Å². The SMILES string of the molecule is C#C.C=CO.CC=O.CCCCCCCCC(CCCCCCCC)CCCCCCCN(CCCCCCCCC(C)CCCCC)CCCNC.CO. The summed E-state index contributed by atoms with van der Waals surface area (Å²) in [6.45, 7) is 18.9. The summed E-state index contributed by atoms with van der Waals surface area (Å²) in [5.74, 6) is 1.97. The second-order valence-corrected chi connectivity index (χ2v) is 15.8. The first kappa shape index (κ1) is 62.8. The third-order valence-electron chi connectivity index (χ3n) is 10.6. The Labute approximate surface area is 348 Å². The Morgan fingerprint density at radius 3 is 1.15 bits per heavy atom. The highest BCUT2D eigenvalue weighted by atomic mass is 16.2. The zero-order valence-electron chi connectivity index (χ0n) is 38.9. The molecule has 1 atom stereocenters. The molecule has 0 aliphatic heterocycles. The normalized spacial score (nSPS) is 10.9. The van der Waals surface area contributed by atoms with Crippen LogP contribution in [0.25, 0.3) is 0 Å². The summed E-state index contributed by atoms with van der Waals surface area (Å²) in [6.07, 6.45) is 55.9. The third-order valence-corrected chi connectivity index (χ3v) is 10.6. The average Bonchev–Trinajstić information content (AvgIpc) is 3.19. The predicted octanol–water partition coefficient (Wildman–Crippen LogP) is 15.1. The molecule has 0 spiro atoms. The van der Waals surface area contributed by atoms with Crippen LogP contribution in [0.2, 0.25) is 0 Å². The number of aldehydes is 1. The van der Waals surface area contributed by atoms with Crippen molar-refractivity contribution in [2.24, 2.45) is 11.8 Å². The fraction of sp³-hybridized carbons (Fsp3) is 0.900. The van der Waals surface area contributed by atoms with Gasteiger partial charge in [0.05, 0.1) is 6.26 Å². The van der Waals surface area contributed by atoms with Crippen LogP contribution < -0.4 is 5.32 Å². The van der Waals surface area contributed by atoms with Crippen molar-refractivity contribution in [2.75, 3.05) is 40.3 Å². The minimum Gasteiger partial charge on any atom is -0.516 e. The lowest BCUT2D eigenvalue weighted by molar-refractivity contribution is -0.106. The highest BCUT2D eigenvalue weighted by Gasteiger charge is 2.10. The topological polar surface area (TPSA) is 72.8 Å². The summed E-state index contributed by atoms with van der Waals surface area (Å²) < 4.78 is 0. The number of aliphatic hydroxyl groups is 2. The molecule has 5 nitrogen and oxygen atoms in total. The van der Waals surface area contributed by atoms with Crippen LogP contribution in [0.3, 0.4) is 0 Å². The molecule has 0 aromatic heterocycles. The van der Waals surface area contributed by atoms with Gasteiger partial charge in [0.25, 0.3) is 0 Å². The predicted molar refractivity (Wildman–Crippen MR) is 250 cm³/mol. The quantitative estimate of drug-likeness (QED) is 0.0251. The first-order valence-electron chi connectivity index (χ1n) is 23.8. The van der Waals surface area contributed by atoms with Gasteiger partial charge >= 0.3 is 0 Å². The lowest BCUT2D eigenvalue weighted by Crippen LogP contribution is -2.29. The Bertz CT molecular complexity index is 634. The zero-order valence-corrected chi connectivity index (χ0v) is 38.9. The Morgan fingerprint density at radius 2 is 0.800 bits per heavy atom. The van der Waals surface area contributed by atoms with E-state index in [0.29, 0.717) is 0 Å². The number of aliphatic hydroxyl groups excluding tert-OH is 2. The first-order valence-corrected chi connectivity index (χ1v) is 23.8. The Morgan fingerprint density at radius 1 is 0.545 bits per heavy atom. The lowest BCUT2D eigenvalue weighted by atomic mass is 9.89. The molecule has 55 heavy (non-hydrogen) atoms. The van der Waals surface area contributed by atoms with Gasteiger partial charge in [0, 0.05) is 7.11 Å². The van der Waals surface area contributed by atoms with Gasteiger partial charge in [-0.05, 0) is 71.2 Å². The highest BCUT2D eigenvalue weighted by Crippen LogP contribution is 2.25. The van der Waals surface area contributed by atoms with Gasteiger partial charge in [-0.1, -0.05) is 220 Å². The Hall–Kier alpha value is -1.35. The van der Waals surface area contributed by atoms with Crippen LogP contribution in [0.15, 0.2) is 12.8 Å². The summed E-state index contributed by atoms with van der Waals surface area (Å²) in [7, 11) is 3.10. The number of unbranched alkanes of at least 4 members (excludes halogenated alkanes) is 21. The van der Waals surface area contributed by atoms with Gasteiger partial charge in [-0.15, -0.1) is 12.8 Å². The minimum atomic E-state index is 0.750. The van der Waals surface area contributed by atoms with E-state index >= 15 is 0 Å². The smallest absolute Gasteiger partial charge is 0.116 e. The van der Waals surface area contributed by atoms with Crippen LogP contribution in [-0.4, -0.2) is 61.7 Å². The number of nitrogens with one attached hydrogen (secondary N) is 1. The highest BCUT2D eigenvalue weighted by molar-refractivity contribution is 5.44. The average molecular weight is 781 g/mol. The fourth-order valence-electron chi connectivity index (χ4n) is 7.40. The molecule has 3 N–H and O–H groups in total. The second kappa shape index (κ2) is 64.5. The van der Waals surface area contributed by atoms with Crippen LogP contribution in [0.1, 0.15) is 240 Å². The molecule has 0 saturated heterocycles. The molecule has 0 fully saturated rings. The second-order valence-electron chi connectivity index (χ2n) is 15.8. The van der Waals surface area contributed by atoms with E-state index in [-0.39, 0.29) is 0 Å². The van der Waals surface area contributed by atoms with Gasteiger partial charge in [0.15, 0.2) is 0 Å². The van der Waals surface area contributed by atoms with Gasteiger partial charge in [-0.25, -0.2) is 0 Å². The number of carbonyl (C=O) groups is 1. The fourth-order valence-corrected chi connectivity index (χ4v) is 7.40. The molecule has 0 amide bonds. The van der Waals surface area contributed by atoms with Crippen molar-refractivity contribution >= 4 is 6.29 Å². The molecule has 0 saturated carbocycles. The molecule has 0 aromatic carbocycles. The third kappa shape index (κ3) is 64.8. The number of hydrogen-bond donors (Lipinski definition) is 3. The van der Waals surface area contributed by atoms with Gasteiger partial charge in [0.1, 0.15) is 6.29 Å². The summed E-state index contributed by atoms with van der Waals surface area (Å²) in [5.41, 5.74) is 0. The largest absolute Gasteiger partial charge is 0.516 e. The lowest BCUT2D eigenvalue weighted by Gasteiger charge is -2.22. The molecule has 332 valence electrons. The van der Waals surface area contributed by atoms with Crippen LogP contribution in [0, 0.1) is 24.7 Å². The maximum absolute atomic E-state index is 8.81. The summed E-state index contributed by atoms with van der Waals surface area (Å²) in [6, 6.07) is 0. The number of nitrogens with zero attached hydrogens (tertiary/aromatic N) is 1. The molecule has 0 aliphatic rings. The maximum atomic E-state index is 8.81. The Balaban J connectivity index is -0.000000752. The zero-order chi connectivity index (χ0) is 42.3. The number of rotatable bonds is 39. The summed E-state index contributed by atoms with van der Waals surface area (Å²) in [4.78, 5) is 11.6. The molecule has 0 bridgehead atoms. The van der Waals surface area contributed by atoms with E-state index in [1.165, 1.54) is 232 Å². The number of terminal acetylenes is 1. The molecule has 0 heterocycles. The van der Waals surface area contributed by atoms with Gasteiger partial charge < -0.3 is 25.2 Å². The monoisotopic (exact) mass is 781 g/mol.